The van der Waals surface area contributed by atoms with Crippen molar-refractivity contribution in [3.63, 3.8) is 0 Å². The Morgan fingerprint density at radius 1 is 1.04 bits per heavy atom. The molecular formula is C17H10ClN5O3. The number of H-pyrrole nitrogens is 1. The molecule has 0 aliphatic carbocycles. The number of hydrogen-bond donors (Lipinski definition) is 1. The quantitative estimate of drug-likeness (QED) is 0.424. The fourth-order valence-corrected chi connectivity index (χ4v) is 2.58. The molecular weight excluding hydrogens is 358 g/mol. The van der Waals surface area contributed by atoms with E-state index in [2.05, 4.69) is 20.4 Å². The summed E-state index contributed by atoms with van der Waals surface area (Å²) in [6.45, 7) is 0. The minimum absolute atomic E-state index is 0.0648. The van der Waals surface area contributed by atoms with E-state index in [0.29, 0.717) is 16.4 Å². The molecule has 26 heavy (non-hydrogen) atoms. The summed E-state index contributed by atoms with van der Waals surface area (Å²) < 4.78 is 5.60. The molecule has 0 spiro atoms. The predicted octanol–water partition coefficient (Wildman–Crippen LogP) is 4.36. The third-order valence-electron chi connectivity index (χ3n) is 3.70. The summed E-state index contributed by atoms with van der Waals surface area (Å²) >= 11 is 5.89. The summed E-state index contributed by atoms with van der Waals surface area (Å²) in [5.74, 6) is 0.251. The molecule has 2 aromatic heterocycles. The molecule has 0 fully saturated rings. The summed E-state index contributed by atoms with van der Waals surface area (Å²) in [6, 6.07) is 15.2. The molecule has 2 heterocycles. The molecule has 0 unspecified atom stereocenters. The van der Waals surface area contributed by atoms with E-state index in [0.717, 1.165) is 5.56 Å². The van der Waals surface area contributed by atoms with E-state index in [4.69, 9.17) is 16.0 Å². The highest BCUT2D eigenvalue weighted by molar-refractivity contribution is 6.30. The van der Waals surface area contributed by atoms with Gasteiger partial charge in [0.2, 0.25) is 0 Å². The van der Waals surface area contributed by atoms with Crippen LogP contribution in [0.1, 0.15) is 0 Å². The van der Waals surface area contributed by atoms with Crippen molar-refractivity contribution in [2.75, 3.05) is 0 Å². The standard InChI is InChI=1S/C17H10ClN5O3/c18-11-7-5-10(6-8-11)13-9-14(20-19-13)17-22-21-16(26-17)12-3-1-2-4-15(12)23(24)25/h1-9H,(H,19,20). The van der Waals surface area contributed by atoms with Crippen molar-refractivity contribution in [2.24, 2.45) is 0 Å². The maximum atomic E-state index is 11.1. The second-order valence-corrected chi connectivity index (χ2v) is 5.80. The van der Waals surface area contributed by atoms with Crippen LogP contribution in [0.15, 0.2) is 59.0 Å². The van der Waals surface area contributed by atoms with Crippen LogP contribution >= 0.6 is 11.6 Å². The molecule has 0 aliphatic rings. The average molecular weight is 368 g/mol. The Hall–Kier alpha value is -3.52. The molecule has 1 N–H and O–H groups in total. The molecule has 128 valence electrons. The number of nitro benzene ring substituents is 1. The number of aromatic amines is 1. The van der Waals surface area contributed by atoms with Gasteiger partial charge in [-0.3, -0.25) is 15.2 Å². The monoisotopic (exact) mass is 367 g/mol. The second kappa shape index (κ2) is 6.41. The number of hydrogen-bond acceptors (Lipinski definition) is 6. The van der Waals surface area contributed by atoms with Gasteiger partial charge < -0.3 is 4.42 Å². The number of para-hydroxylation sites is 1. The lowest BCUT2D eigenvalue weighted by Gasteiger charge is -1.96. The van der Waals surface area contributed by atoms with E-state index in [9.17, 15) is 10.1 Å². The lowest BCUT2D eigenvalue weighted by atomic mass is 10.1. The van der Waals surface area contributed by atoms with Crippen molar-refractivity contribution in [2.45, 2.75) is 0 Å². The van der Waals surface area contributed by atoms with Gasteiger partial charge in [-0.2, -0.15) is 5.10 Å². The smallest absolute Gasteiger partial charge is 0.282 e. The van der Waals surface area contributed by atoms with Gasteiger partial charge in [-0.1, -0.05) is 35.9 Å². The van der Waals surface area contributed by atoms with E-state index in [-0.39, 0.29) is 23.0 Å². The normalized spacial score (nSPS) is 10.8. The molecule has 2 aromatic carbocycles. The van der Waals surface area contributed by atoms with Crippen LogP contribution in [0.5, 0.6) is 0 Å². The molecule has 4 aromatic rings. The Labute approximate surface area is 151 Å². The van der Waals surface area contributed by atoms with Crippen molar-refractivity contribution in [1.82, 2.24) is 20.4 Å². The average Bonchev–Trinajstić information content (AvgIpc) is 3.32. The summed E-state index contributed by atoms with van der Waals surface area (Å²) in [7, 11) is 0. The molecule has 8 nitrogen and oxygen atoms in total. The van der Waals surface area contributed by atoms with E-state index in [1.165, 1.54) is 6.07 Å². The zero-order chi connectivity index (χ0) is 18.1. The van der Waals surface area contributed by atoms with E-state index < -0.39 is 4.92 Å². The van der Waals surface area contributed by atoms with Crippen molar-refractivity contribution in [3.8, 4) is 34.3 Å². The number of rotatable bonds is 4. The van der Waals surface area contributed by atoms with Crippen molar-refractivity contribution < 1.29 is 9.34 Å². The number of halogens is 1. The highest BCUT2D eigenvalue weighted by Gasteiger charge is 2.20. The van der Waals surface area contributed by atoms with Crippen molar-refractivity contribution in [3.05, 3.63) is 69.7 Å². The van der Waals surface area contributed by atoms with Gasteiger partial charge in [0.25, 0.3) is 17.5 Å². The first-order valence-corrected chi connectivity index (χ1v) is 7.88. The summed E-state index contributed by atoms with van der Waals surface area (Å²) in [5, 5.41) is 26.7. The van der Waals surface area contributed by atoms with Crippen LogP contribution in [0.25, 0.3) is 34.3 Å². The van der Waals surface area contributed by atoms with Gasteiger partial charge in [0, 0.05) is 16.7 Å². The van der Waals surface area contributed by atoms with Gasteiger partial charge in [-0.25, -0.2) is 0 Å². The maximum absolute atomic E-state index is 11.1. The van der Waals surface area contributed by atoms with Gasteiger partial charge in [-0.15, -0.1) is 10.2 Å². The van der Waals surface area contributed by atoms with Crippen LogP contribution in [0, 0.1) is 10.1 Å². The zero-order valence-corrected chi connectivity index (χ0v) is 13.8. The lowest BCUT2D eigenvalue weighted by molar-refractivity contribution is -0.384. The summed E-state index contributed by atoms with van der Waals surface area (Å²) in [4.78, 5) is 10.7. The topological polar surface area (TPSA) is 111 Å². The fourth-order valence-electron chi connectivity index (χ4n) is 2.45. The van der Waals surface area contributed by atoms with Gasteiger partial charge >= 0.3 is 0 Å². The van der Waals surface area contributed by atoms with E-state index in [1.54, 1.807) is 36.4 Å². The minimum Gasteiger partial charge on any atom is -0.414 e. The number of aromatic nitrogens is 4. The Balaban J connectivity index is 1.67. The molecule has 0 bridgehead atoms. The number of benzene rings is 2. The predicted molar refractivity (Wildman–Crippen MR) is 94.4 cm³/mol. The highest BCUT2D eigenvalue weighted by atomic mass is 35.5. The Kier molecular flexibility index (Phi) is 3.94. The van der Waals surface area contributed by atoms with E-state index in [1.807, 2.05) is 12.1 Å². The SMILES string of the molecule is O=[N+]([O-])c1ccccc1-c1nnc(-c2cc(-c3ccc(Cl)cc3)n[nH]2)o1. The van der Waals surface area contributed by atoms with Crippen molar-refractivity contribution >= 4 is 17.3 Å². The van der Waals surface area contributed by atoms with Gasteiger partial charge in [0.05, 0.1) is 10.6 Å². The van der Waals surface area contributed by atoms with Crippen LogP contribution < -0.4 is 0 Å². The minimum atomic E-state index is -0.492. The molecule has 0 saturated heterocycles. The molecule has 0 atom stereocenters. The fraction of sp³-hybridized carbons (Fsp3) is 0. The lowest BCUT2D eigenvalue weighted by Crippen LogP contribution is -1.91. The molecule has 9 heteroatoms. The Morgan fingerprint density at radius 2 is 1.77 bits per heavy atom. The van der Waals surface area contributed by atoms with Crippen LogP contribution in [-0.4, -0.2) is 25.3 Å². The van der Waals surface area contributed by atoms with E-state index >= 15 is 0 Å². The van der Waals surface area contributed by atoms with Crippen LogP contribution in [0.4, 0.5) is 5.69 Å². The van der Waals surface area contributed by atoms with Crippen LogP contribution in [-0.2, 0) is 0 Å². The van der Waals surface area contributed by atoms with Gasteiger partial charge in [0.15, 0.2) is 0 Å². The molecule has 4 rings (SSSR count). The largest absolute Gasteiger partial charge is 0.414 e. The first-order chi connectivity index (χ1) is 12.6. The van der Waals surface area contributed by atoms with Gasteiger partial charge in [0.1, 0.15) is 11.3 Å². The Bertz CT molecular complexity index is 1090. The first-order valence-electron chi connectivity index (χ1n) is 7.51. The van der Waals surface area contributed by atoms with Gasteiger partial charge in [-0.05, 0) is 24.3 Å². The number of nitrogens with one attached hydrogen (secondary N) is 1. The molecule has 0 aliphatic heterocycles. The third kappa shape index (κ3) is 2.93. The van der Waals surface area contributed by atoms with Crippen LogP contribution in [0.3, 0.4) is 0 Å². The number of nitro groups is 1. The first kappa shape index (κ1) is 16.0. The molecule has 0 amide bonds. The van der Waals surface area contributed by atoms with Crippen LogP contribution in [0.2, 0.25) is 5.02 Å². The molecule has 0 saturated carbocycles. The highest BCUT2D eigenvalue weighted by Crippen LogP contribution is 2.31. The Morgan fingerprint density at radius 3 is 2.54 bits per heavy atom. The second-order valence-electron chi connectivity index (χ2n) is 5.36. The summed E-state index contributed by atoms with van der Waals surface area (Å²) in [6.07, 6.45) is 0. The maximum Gasteiger partial charge on any atom is 0.282 e. The zero-order valence-electron chi connectivity index (χ0n) is 13.1. The van der Waals surface area contributed by atoms with Crippen molar-refractivity contribution in [1.29, 1.82) is 0 Å². The summed E-state index contributed by atoms with van der Waals surface area (Å²) in [5.41, 5.74) is 2.22. The molecule has 0 radical (unpaired) electrons. The third-order valence-corrected chi connectivity index (χ3v) is 3.96. The number of nitrogens with zero attached hydrogens (tertiary/aromatic N) is 4.